The zero-order chi connectivity index (χ0) is 12.1. The van der Waals surface area contributed by atoms with Crippen LogP contribution in [0.25, 0.3) is 0 Å². The molecular weight excluding hydrogens is 192 g/mol. The Kier molecular flexibility index (Phi) is 15.4. The first kappa shape index (κ1) is 17.0. The third-order valence-corrected chi connectivity index (χ3v) is 2.03. The zero-order valence-corrected chi connectivity index (χ0v) is 10.8. The highest BCUT2D eigenvalue weighted by atomic mass is 16.5. The van der Waals surface area contributed by atoms with E-state index in [0.29, 0.717) is 18.9 Å². The van der Waals surface area contributed by atoms with Gasteiger partial charge in [-0.3, -0.25) is 0 Å². The third-order valence-electron chi connectivity index (χ3n) is 2.03. The average Bonchev–Trinajstić information content (AvgIpc) is 2.24. The Morgan fingerprint density at radius 3 is 2.13 bits per heavy atom. The fraction of sp³-hybridized carbons (Fsp3) is 0.917. The van der Waals surface area contributed by atoms with Crippen molar-refractivity contribution in [1.29, 1.82) is 0 Å². The molecule has 0 N–H and O–H groups in total. The lowest BCUT2D eigenvalue weighted by Gasteiger charge is -2.08. The van der Waals surface area contributed by atoms with Crippen LogP contribution < -0.4 is 0 Å². The van der Waals surface area contributed by atoms with Crippen molar-refractivity contribution in [2.24, 2.45) is 5.92 Å². The Morgan fingerprint density at radius 2 is 1.80 bits per heavy atom. The number of methoxy groups -OCH3 is 1. The molecule has 0 aromatic heterocycles. The summed E-state index contributed by atoms with van der Waals surface area (Å²) in [4.78, 5) is 9.81. The van der Waals surface area contributed by atoms with Gasteiger partial charge in [0.15, 0.2) is 0 Å². The van der Waals surface area contributed by atoms with Gasteiger partial charge in [0, 0.05) is 20.1 Å². The summed E-state index contributed by atoms with van der Waals surface area (Å²) in [5.41, 5.74) is 0. The van der Waals surface area contributed by atoms with Crippen molar-refractivity contribution in [3.8, 4) is 0 Å². The van der Waals surface area contributed by atoms with Crippen LogP contribution in [-0.4, -0.2) is 32.7 Å². The number of hydrogen-bond donors (Lipinski definition) is 0. The number of ether oxygens (including phenoxy) is 2. The smallest absolute Gasteiger partial charge is 0.129 e. The minimum atomic E-state index is 0.255. The van der Waals surface area contributed by atoms with Crippen molar-refractivity contribution in [3.63, 3.8) is 0 Å². The summed E-state index contributed by atoms with van der Waals surface area (Å²) >= 11 is 0. The van der Waals surface area contributed by atoms with E-state index in [9.17, 15) is 4.79 Å². The van der Waals surface area contributed by atoms with E-state index in [1.54, 1.807) is 14.0 Å². The van der Waals surface area contributed by atoms with Crippen LogP contribution in [-0.2, 0) is 14.3 Å². The van der Waals surface area contributed by atoms with Gasteiger partial charge in [0.1, 0.15) is 5.78 Å². The van der Waals surface area contributed by atoms with Gasteiger partial charge in [-0.15, -0.1) is 0 Å². The van der Waals surface area contributed by atoms with Crippen molar-refractivity contribution < 1.29 is 14.3 Å². The molecule has 0 aromatic rings. The van der Waals surface area contributed by atoms with Crippen molar-refractivity contribution >= 4 is 5.78 Å². The molecule has 0 fully saturated rings. The van der Waals surface area contributed by atoms with E-state index in [4.69, 9.17) is 9.47 Å². The molecule has 1 unspecified atom stereocenters. The predicted molar refractivity (Wildman–Crippen MR) is 63.1 cm³/mol. The monoisotopic (exact) mass is 218 g/mol. The Morgan fingerprint density at radius 1 is 1.27 bits per heavy atom. The van der Waals surface area contributed by atoms with E-state index >= 15 is 0 Å². The lowest BCUT2D eigenvalue weighted by Crippen LogP contribution is -2.08. The van der Waals surface area contributed by atoms with Gasteiger partial charge in [0.05, 0.1) is 13.2 Å². The molecule has 3 heteroatoms. The maximum atomic E-state index is 9.81. The van der Waals surface area contributed by atoms with Crippen molar-refractivity contribution in [3.05, 3.63) is 0 Å². The highest BCUT2D eigenvalue weighted by molar-refractivity contribution is 5.74. The van der Waals surface area contributed by atoms with Gasteiger partial charge in [0.2, 0.25) is 0 Å². The van der Waals surface area contributed by atoms with Gasteiger partial charge in [-0.1, -0.05) is 27.2 Å². The molecule has 0 bridgehead atoms. The molecule has 0 aliphatic rings. The Labute approximate surface area is 94.1 Å². The van der Waals surface area contributed by atoms with E-state index in [-0.39, 0.29) is 5.78 Å². The minimum Gasteiger partial charge on any atom is -0.382 e. The lowest BCUT2D eigenvalue weighted by atomic mass is 10.1. The molecule has 0 aromatic carbocycles. The second kappa shape index (κ2) is 13.6. The standard InChI is InChI=1S/C8H18O2.C4H8O/c1-4-8(2)7-10-6-5-9-3;1-3-4(2)5/h8H,4-7H2,1-3H3;3H2,1-2H3. The summed E-state index contributed by atoms with van der Waals surface area (Å²) in [6, 6.07) is 0. The molecule has 0 saturated carbocycles. The van der Waals surface area contributed by atoms with Crippen LogP contribution in [0.2, 0.25) is 0 Å². The quantitative estimate of drug-likeness (QED) is 0.616. The first-order chi connectivity index (χ1) is 7.08. The second-order valence-electron chi connectivity index (χ2n) is 3.64. The van der Waals surface area contributed by atoms with Gasteiger partial charge in [-0.25, -0.2) is 0 Å². The summed E-state index contributed by atoms with van der Waals surface area (Å²) in [5, 5.41) is 0. The SMILES string of the molecule is CCC(C)=O.CCC(C)COCCOC. The molecule has 15 heavy (non-hydrogen) atoms. The first-order valence-electron chi connectivity index (χ1n) is 5.64. The molecule has 0 spiro atoms. The molecule has 0 aliphatic carbocycles. The summed E-state index contributed by atoms with van der Waals surface area (Å²) in [5.74, 6) is 0.932. The molecule has 0 aliphatic heterocycles. The van der Waals surface area contributed by atoms with Gasteiger partial charge in [0.25, 0.3) is 0 Å². The summed E-state index contributed by atoms with van der Waals surface area (Å²) in [7, 11) is 1.69. The number of carbonyl (C=O) groups excluding carboxylic acids is 1. The number of ketones is 1. The molecule has 0 saturated heterocycles. The van der Waals surface area contributed by atoms with E-state index < -0.39 is 0 Å². The van der Waals surface area contributed by atoms with Crippen LogP contribution in [0.15, 0.2) is 0 Å². The topological polar surface area (TPSA) is 35.5 Å². The van der Waals surface area contributed by atoms with Gasteiger partial charge >= 0.3 is 0 Å². The molecule has 0 rings (SSSR count). The molecule has 92 valence electrons. The van der Waals surface area contributed by atoms with Crippen LogP contribution >= 0.6 is 0 Å². The third kappa shape index (κ3) is 19.8. The van der Waals surface area contributed by atoms with E-state index in [1.165, 1.54) is 6.42 Å². The molecule has 0 heterocycles. The number of hydrogen-bond acceptors (Lipinski definition) is 3. The largest absolute Gasteiger partial charge is 0.382 e. The second-order valence-corrected chi connectivity index (χ2v) is 3.64. The first-order valence-corrected chi connectivity index (χ1v) is 5.64. The molecule has 0 radical (unpaired) electrons. The lowest BCUT2D eigenvalue weighted by molar-refractivity contribution is -0.116. The molecule has 1 atom stereocenters. The minimum absolute atomic E-state index is 0.255. The average molecular weight is 218 g/mol. The highest BCUT2D eigenvalue weighted by Gasteiger charge is 1.96. The maximum Gasteiger partial charge on any atom is 0.129 e. The van der Waals surface area contributed by atoms with Crippen LogP contribution in [0, 0.1) is 5.92 Å². The Bertz CT molecular complexity index is 135. The maximum absolute atomic E-state index is 9.81. The number of rotatable bonds is 7. The fourth-order valence-corrected chi connectivity index (χ4v) is 0.545. The van der Waals surface area contributed by atoms with Crippen molar-refractivity contribution in [1.82, 2.24) is 0 Å². The van der Waals surface area contributed by atoms with E-state index in [2.05, 4.69) is 13.8 Å². The zero-order valence-electron chi connectivity index (χ0n) is 10.8. The van der Waals surface area contributed by atoms with Crippen LogP contribution in [0.4, 0.5) is 0 Å². The molecule has 0 amide bonds. The molecule has 3 nitrogen and oxygen atoms in total. The van der Waals surface area contributed by atoms with Crippen LogP contribution in [0.5, 0.6) is 0 Å². The highest BCUT2D eigenvalue weighted by Crippen LogP contribution is 1.99. The molecular formula is C12H26O3. The van der Waals surface area contributed by atoms with Crippen molar-refractivity contribution in [2.75, 3.05) is 26.9 Å². The summed E-state index contributed by atoms with van der Waals surface area (Å²) < 4.78 is 10.1. The summed E-state index contributed by atoms with van der Waals surface area (Å²) in [6.07, 6.45) is 1.85. The van der Waals surface area contributed by atoms with Gasteiger partial charge in [-0.2, -0.15) is 0 Å². The summed E-state index contributed by atoms with van der Waals surface area (Å²) in [6.45, 7) is 10.1. The number of Topliss-reactive ketones (excluding diaryl/α,β-unsaturated/α-hetero) is 1. The normalized spacial score (nSPS) is 11.5. The van der Waals surface area contributed by atoms with Gasteiger partial charge < -0.3 is 14.3 Å². The van der Waals surface area contributed by atoms with Crippen molar-refractivity contribution in [2.45, 2.75) is 40.5 Å². The predicted octanol–water partition coefficient (Wildman–Crippen LogP) is 2.68. The van der Waals surface area contributed by atoms with Gasteiger partial charge in [-0.05, 0) is 12.8 Å². The Hall–Kier alpha value is -0.410. The van der Waals surface area contributed by atoms with Crippen LogP contribution in [0.3, 0.4) is 0 Å². The van der Waals surface area contributed by atoms with Crippen LogP contribution in [0.1, 0.15) is 40.5 Å². The van der Waals surface area contributed by atoms with E-state index in [0.717, 1.165) is 13.2 Å². The van der Waals surface area contributed by atoms with E-state index in [1.807, 2.05) is 6.92 Å². The fourth-order valence-electron chi connectivity index (χ4n) is 0.545. The Balaban J connectivity index is 0. The number of carbonyl (C=O) groups is 1.